The van der Waals surface area contributed by atoms with Crippen molar-refractivity contribution < 1.29 is 9.47 Å². The summed E-state index contributed by atoms with van der Waals surface area (Å²) in [6, 6.07) is 2.43. The molecule has 0 aromatic carbocycles. The first kappa shape index (κ1) is 15.4. The molecule has 1 aromatic heterocycles. The number of hydrogen-bond donors (Lipinski definition) is 1. The monoisotopic (exact) mass is 278 g/mol. The lowest BCUT2D eigenvalue weighted by atomic mass is 9.87. The third-order valence-corrected chi connectivity index (χ3v) is 4.52. The molecule has 1 fully saturated rings. The first-order valence-corrected chi connectivity index (χ1v) is 7.44. The van der Waals surface area contributed by atoms with Gasteiger partial charge in [-0.25, -0.2) is 0 Å². The van der Waals surface area contributed by atoms with E-state index < -0.39 is 0 Å². The molecule has 2 heterocycles. The van der Waals surface area contributed by atoms with E-state index in [-0.39, 0.29) is 5.60 Å². The van der Waals surface area contributed by atoms with Crippen molar-refractivity contribution in [3.05, 3.63) is 29.6 Å². The van der Waals surface area contributed by atoms with Gasteiger partial charge in [0.05, 0.1) is 5.60 Å². The first-order chi connectivity index (χ1) is 9.68. The molecular formula is C16H26N2O2. The van der Waals surface area contributed by atoms with Crippen molar-refractivity contribution in [2.24, 2.45) is 0 Å². The number of ether oxygens (including phenoxy) is 2. The van der Waals surface area contributed by atoms with Crippen molar-refractivity contribution in [1.82, 2.24) is 10.3 Å². The fourth-order valence-electron chi connectivity index (χ4n) is 2.92. The molecule has 0 bridgehead atoms. The predicted octanol–water partition coefficient (Wildman–Crippen LogP) is 2.11. The number of aromatic nitrogens is 1. The summed E-state index contributed by atoms with van der Waals surface area (Å²) in [7, 11) is 1.82. The van der Waals surface area contributed by atoms with Gasteiger partial charge in [-0.05, 0) is 44.0 Å². The van der Waals surface area contributed by atoms with E-state index in [1.165, 1.54) is 11.1 Å². The van der Waals surface area contributed by atoms with Gasteiger partial charge < -0.3 is 14.8 Å². The summed E-state index contributed by atoms with van der Waals surface area (Å²) < 4.78 is 11.3. The van der Waals surface area contributed by atoms with Gasteiger partial charge in [0.15, 0.2) is 0 Å². The molecule has 0 spiro atoms. The number of rotatable bonds is 6. The summed E-state index contributed by atoms with van der Waals surface area (Å²) >= 11 is 0. The van der Waals surface area contributed by atoms with Crippen LogP contribution in [0.2, 0.25) is 0 Å². The van der Waals surface area contributed by atoms with Crippen LogP contribution < -0.4 is 5.32 Å². The zero-order valence-electron chi connectivity index (χ0n) is 12.8. The SMILES string of the molecule is COC1(C(C)NCCc2ccncc2C)CCOCC1. The Kier molecular flexibility index (Phi) is 5.52. The van der Waals surface area contributed by atoms with E-state index in [2.05, 4.69) is 30.2 Å². The highest BCUT2D eigenvalue weighted by Crippen LogP contribution is 2.28. The Balaban J connectivity index is 1.85. The maximum Gasteiger partial charge on any atom is 0.0872 e. The number of aryl methyl sites for hydroxylation is 1. The van der Waals surface area contributed by atoms with E-state index in [9.17, 15) is 0 Å². The number of nitrogens with one attached hydrogen (secondary N) is 1. The van der Waals surface area contributed by atoms with Crippen LogP contribution in [0, 0.1) is 6.92 Å². The van der Waals surface area contributed by atoms with Gasteiger partial charge in [0.25, 0.3) is 0 Å². The van der Waals surface area contributed by atoms with Crippen LogP contribution in [0.5, 0.6) is 0 Å². The maximum absolute atomic E-state index is 5.81. The van der Waals surface area contributed by atoms with Crippen LogP contribution in [0.1, 0.15) is 30.9 Å². The molecule has 1 atom stereocenters. The Hall–Kier alpha value is -0.970. The molecule has 20 heavy (non-hydrogen) atoms. The van der Waals surface area contributed by atoms with Crippen molar-refractivity contribution in [1.29, 1.82) is 0 Å². The van der Waals surface area contributed by atoms with E-state index in [0.29, 0.717) is 6.04 Å². The number of hydrogen-bond acceptors (Lipinski definition) is 4. The smallest absolute Gasteiger partial charge is 0.0872 e. The number of nitrogens with zero attached hydrogens (tertiary/aromatic N) is 1. The van der Waals surface area contributed by atoms with Crippen molar-refractivity contribution >= 4 is 0 Å². The standard InChI is InChI=1S/C16H26N2O2/c1-13-12-17-8-4-15(13)5-9-18-14(2)16(19-3)6-10-20-11-7-16/h4,8,12,14,18H,5-7,9-11H2,1-3H3. The molecule has 0 radical (unpaired) electrons. The lowest BCUT2D eigenvalue weighted by Crippen LogP contribution is -2.53. The summed E-state index contributed by atoms with van der Waals surface area (Å²) in [4.78, 5) is 4.13. The zero-order chi connectivity index (χ0) is 14.4. The molecule has 1 aliphatic heterocycles. The van der Waals surface area contributed by atoms with Crippen LogP contribution in [0.25, 0.3) is 0 Å². The van der Waals surface area contributed by atoms with E-state index >= 15 is 0 Å². The Morgan fingerprint density at radius 3 is 2.85 bits per heavy atom. The average Bonchev–Trinajstić information content (AvgIpc) is 2.49. The first-order valence-electron chi connectivity index (χ1n) is 7.44. The maximum atomic E-state index is 5.81. The minimum Gasteiger partial charge on any atom is -0.381 e. The van der Waals surface area contributed by atoms with Gasteiger partial charge in [0, 0.05) is 51.6 Å². The summed E-state index contributed by atoms with van der Waals surface area (Å²) in [5, 5.41) is 3.62. The van der Waals surface area contributed by atoms with Crippen molar-refractivity contribution in [3.63, 3.8) is 0 Å². The van der Waals surface area contributed by atoms with Crippen LogP contribution >= 0.6 is 0 Å². The van der Waals surface area contributed by atoms with Crippen LogP contribution in [0.3, 0.4) is 0 Å². The quantitative estimate of drug-likeness (QED) is 0.865. The fourth-order valence-corrected chi connectivity index (χ4v) is 2.92. The molecule has 1 aromatic rings. The molecule has 1 N–H and O–H groups in total. The summed E-state index contributed by atoms with van der Waals surface area (Å²) in [5.41, 5.74) is 2.54. The summed E-state index contributed by atoms with van der Waals surface area (Å²) in [6.07, 6.45) is 6.74. The second-order valence-corrected chi connectivity index (χ2v) is 5.61. The Morgan fingerprint density at radius 1 is 1.45 bits per heavy atom. The van der Waals surface area contributed by atoms with Crippen molar-refractivity contribution in [2.45, 2.75) is 44.8 Å². The van der Waals surface area contributed by atoms with E-state index in [1.54, 1.807) is 0 Å². The number of pyridine rings is 1. The van der Waals surface area contributed by atoms with Gasteiger partial charge >= 0.3 is 0 Å². The molecule has 4 nitrogen and oxygen atoms in total. The van der Waals surface area contributed by atoms with E-state index in [0.717, 1.165) is 39.0 Å². The average molecular weight is 278 g/mol. The number of methoxy groups -OCH3 is 1. The third-order valence-electron chi connectivity index (χ3n) is 4.52. The van der Waals surface area contributed by atoms with Crippen LogP contribution in [0.4, 0.5) is 0 Å². The second-order valence-electron chi connectivity index (χ2n) is 5.61. The minimum absolute atomic E-state index is 0.0778. The Morgan fingerprint density at radius 2 is 2.20 bits per heavy atom. The minimum atomic E-state index is -0.0778. The molecule has 1 saturated heterocycles. The zero-order valence-corrected chi connectivity index (χ0v) is 12.8. The van der Waals surface area contributed by atoms with Crippen LogP contribution in [-0.4, -0.2) is 43.5 Å². The summed E-state index contributed by atoms with van der Waals surface area (Å²) in [5.74, 6) is 0. The van der Waals surface area contributed by atoms with Crippen LogP contribution in [-0.2, 0) is 15.9 Å². The van der Waals surface area contributed by atoms with Gasteiger partial charge in [0.1, 0.15) is 0 Å². The van der Waals surface area contributed by atoms with E-state index in [1.807, 2.05) is 19.5 Å². The molecular weight excluding hydrogens is 252 g/mol. The fraction of sp³-hybridized carbons (Fsp3) is 0.688. The molecule has 112 valence electrons. The van der Waals surface area contributed by atoms with E-state index in [4.69, 9.17) is 9.47 Å². The summed E-state index contributed by atoms with van der Waals surface area (Å²) in [6.45, 7) is 6.87. The van der Waals surface area contributed by atoms with Crippen molar-refractivity contribution in [3.8, 4) is 0 Å². The van der Waals surface area contributed by atoms with Gasteiger partial charge in [-0.2, -0.15) is 0 Å². The van der Waals surface area contributed by atoms with Gasteiger partial charge in [-0.3, -0.25) is 4.98 Å². The third kappa shape index (κ3) is 3.57. The van der Waals surface area contributed by atoms with Crippen LogP contribution in [0.15, 0.2) is 18.5 Å². The molecule has 0 amide bonds. The molecule has 2 rings (SSSR count). The predicted molar refractivity (Wildman–Crippen MR) is 79.9 cm³/mol. The van der Waals surface area contributed by atoms with Crippen molar-refractivity contribution in [2.75, 3.05) is 26.9 Å². The molecule has 1 aliphatic rings. The molecule has 0 aliphatic carbocycles. The Labute approximate surface area is 121 Å². The van der Waals surface area contributed by atoms with Gasteiger partial charge in [-0.15, -0.1) is 0 Å². The molecule has 0 saturated carbocycles. The highest BCUT2D eigenvalue weighted by atomic mass is 16.5. The highest BCUT2D eigenvalue weighted by Gasteiger charge is 2.37. The highest BCUT2D eigenvalue weighted by molar-refractivity contribution is 5.21. The normalized spacial score (nSPS) is 19.8. The van der Waals surface area contributed by atoms with Gasteiger partial charge in [0.2, 0.25) is 0 Å². The van der Waals surface area contributed by atoms with Gasteiger partial charge in [-0.1, -0.05) is 0 Å². The second kappa shape index (κ2) is 7.16. The molecule has 1 unspecified atom stereocenters. The lowest BCUT2D eigenvalue weighted by Gasteiger charge is -2.41. The topological polar surface area (TPSA) is 43.4 Å². The largest absolute Gasteiger partial charge is 0.381 e. The lowest BCUT2D eigenvalue weighted by molar-refractivity contribution is -0.107. The molecule has 4 heteroatoms. The Bertz CT molecular complexity index is 417.